The summed E-state index contributed by atoms with van der Waals surface area (Å²) >= 11 is 0. The number of likely N-dealkylation sites (N-methyl/N-ethyl adjacent to an activating group) is 1. The van der Waals surface area contributed by atoms with Crippen LogP contribution in [0.4, 0.5) is 21.6 Å². The molecule has 8 nitrogen and oxygen atoms in total. The van der Waals surface area contributed by atoms with Crippen LogP contribution < -0.4 is 15.0 Å². The van der Waals surface area contributed by atoms with Crippen molar-refractivity contribution in [2.75, 3.05) is 43.4 Å². The highest BCUT2D eigenvalue weighted by Gasteiger charge is 2.19. The number of nitriles is 1. The van der Waals surface area contributed by atoms with Crippen LogP contribution in [-0.2, 0) is 6.54 Å². The van der Waals surface area contributed by atoms with Crippen molar-refractivity contribution in [2.45, 2.75) is 20.4 Å². The Morgan fingerprint density at radius 1 is 1.08 bits per heavy atom. The molecule has 0 spiro atoms. The largest absolute Gasteiger partial charge is 0.434 e. The smallest absolute Gasteiger partial charge is 0.242 e. The van der Waals surface area contributed by atoms with Crippen LogP contribution in [0.5, 0.6) is 11.6 Å². The van der Waals surface area contributed by atoms with Gasteiger partial charge >= 0.3 is 0 Å². The fourth-order valence-corrected chi connectivity index (χ4v) is 4.61. The number of hydrogen-bond acceptors (Lipinski definition) is 7. The first-order valence-corrected chi connectivity index (χ1v) is 12.0. The molecule has 0 atom stereocenters. The van der Waals surface area contributed by atoms with Crippen LogP contribution in [0, 0.1) is 24.1 Å². The number of piperazine rings is 1. The van der Waals surface area contributed by atoms with Crippen LogP contribution >= 0.6 is 0 Å². The minimum absolute atomic E-state index is 0.00560. The molecule has 1 aliphatic rings. The van der Waals surface area contributed by atoms with E-state index in [9.17, 15) is 5.26 Å². The lowest BCUT2D eigenvalue weighted by molar-refractivity contribution is 0.313. The maximum absolute atomic E-state index is 15.3. The van der Waals surface area contributed by atoms with Gasteiger partial charge in [0.25, 0.3) is 0 Å². The van der Waals surface area contributed by atoms with Gasteiger partial charge < -0.3 is 24.4 Å². The predicted octanol–water partition coefficient (Wildman–Crippen LogP) is 5.06. The van der Waals surface area contributed by atoms with Gasteiger partial charge in [-0.1, -0.05) is 0 Å². The van der Waals surface area contributed by atoms with Gasteiger partial charge in [-0.2, -0.15) is 5.26 Å². The zero-order valence-electron chi connectivity index (χ0n) is 20.6. The van der Waals surface area contributed by atoms with E-state index < -0.39 is 5.82 Å². The zero-order chi connectivity index (χ0) is 25.2. The number of nitrogens with zero attached hydrogens (tertiary/aromatic N) is 6. The van der Waals surface area contributed by atoms with Gasteiger partial charge in [0.2, 0.25) is 5.88 Å². The fourth-order valence-electron chi connectivity index (χ4n) is 4.61. The summed E-state index contributed by atoms with van der Waals surface area (Å²) in [6.07, 6.45) is 1.30. The molecule has 9 heteroatoms. The summed E-state index contributed by atoms with van der Waals surface area (Å²) in [5.74, 6) is -0.189. The maximum atomic E-state index is 15.3. The summed E-state index contributed by atoms with van der Waals surface area (Å²) in [4.78, 5) is 13.0. The van der Waals surface area contributed by atoms with Crippen LogP contribution in [0.15, 0.2) is 48.8 Å². The van der Waals surface area contributed by atoms with E-state index in [1.54, 1.807) is 12.1 Å². The van der Waals surface area contributed by atoms with Crippen LogP contribution in [0.25, 0.3) is 10.9 Å². The summed E-state index contributed by atoms with van der Waals surface area (Å²) in [6.45, 7) is 8.74. The summed E-state index contributed by atoms with van der Waals surface area (Å²) in [5, 5.41) is 13.5. The van der Waals surface area contributed by atoms with Gasteiger partial charge in [-0.15, -0.1) is 0 Å². The highest BCUT2D eigenvalue weighted by atomic mass is 19.1. The molecule has 36 heavy (non-hydrogen) atoms. The number of hydrogen-bond donors (Lipinski definition) is 1. The Hall–Kier alpha value is -4.16. The normalized spacial score (nSPS) is 14.1. The molecule has 0 radical (unpaired) electrons. The first-order chi connectivity index (χ1) is 17.5. The highest BCUT2D eigenvalue weighted by Crippen LogP contribution is 2.34. The van der Waals surface area contributed by atoms with Crippen LogP contribution in [-0.4, -0.2) is 52.7 Å². The maximum Gasteiger partial charge on any atom is 0.242 e. The molecule has 2 aromatic heterocycles. The van der Waals surface area contributed by atoms with E-state index in [0.717, 1.165) is 55.3 Å². The van der Waals surface area contributed by atoms with E-state index in [1.165, 1.54) is 6.33 Å². The Balaban J connectivity index is 1.38. The molecule has 1 N–H and O–H groups in total. The van der Waals surface area contributed by atoms with E-state index in [0.29, 0.717) is 11.2 Å². The van der Waals surface area contributed by atoms with Crippen molar-refractivity contribution >= 4 is 28.1 Å². The molecule has 0 amide bonds. The SMILES string of the molecule is CCn1c(C)cc2c(F)c(Oc3ncnc(Nc4ccc(N5CCN(C)CC5)cc4)c3C#N)ccc21. The summed E-state index contributed by atoms with van der Waals surface area (Å²) in [6, 6.07) is 15.3. The Kier molecular flexibility index (Phi) is 6.44. The number of halogens is 1. The molecule has 0 aliphatic carbocycles. The van der Waals surface area contributed by atoms with Gasteiger partial charge in [0, 0.05) is 55.2 Å². The molecule has 5 rings (SSSR count). The Morgan fingerprint density at radius 3 is 2.53 bits per heavy atom. The fraction of sp³-hybridized carbons (Fsp3) is 0.296. The molecule has 184 valence electrons. The van der Waals surface area contributed by atoms with E-state index >= 15 is 4.39 Å². The van der Waals surface area contributed by atoms with Crippen LogP contribution in [0.3, 0.4) is 0 Å². The number of aryl methyl sites for hydroxylation is 2. The summed E-state index contributed by atoms with van der Waals surface area (Å²) < 4.78 is 23.1. The summed E-state index contributed by atoms with van der Waals surface area (Å²) in [5.41, 5.74) is 3.79. The second-order valence-electron chi connectivity index (χ2n) is 8.92. The van der Waals surface area contributed by atoms with Crippen LogP contribution in [0.1, 0.15) is 18.2 Å². The van der Waals surface area contributed by atoms with Gasteiger partial charge in [0.15, 0.2) is 22.9 Å². The van der Waals surface area contributed by atoms with Crippen LogP contribution in [0.2, 0.25) is 0 Å². The number of ether oxygens (including phenoxy) is 1. The summed E-state index contributed by atoms with van der Waals surface area (Å²) in [7, 11) is 2.13. The quantitative estimate of drug-likeness (QED) is 0.409. The second kappa shape index (κ2) is 9.84. The van der Waals surface area contributed by atoms with Gasteiger partial charge in [0.1, 0.15) is 12.4 Å². The third-order valence-electron chi connectivity index (χ3n) is 6.64. The predicted molar refractivity (Wildman–Crippen MR) is 139 cm³/mol. The van der Waals surface area contributed by atoms with E-state index in [-0.39, 0.29) is 17.2 Å². The zero-order valence-corrected chi connectivity index (χ0v) is 20.6. The third kappa shape index (κ3) is 4.43. The minimum Gasteiger partial charge on any atom is -0.434 e. The molecule has 0 unspecified atom stereocenters. The first kappa shape index (κ1) is 23.6. The number of rotatable bonds is 6. The topological polar surface area (TPSA) is 82.2 Å². The molecule has 0 bridgehead atoms. The van der Waals surface area contributed by atoms with Crippen molar-refractivity contribution < 1.29 is 9.13 Å². The molecule has 1 fully saturated rings. The third-order valence-corrected chi connectivity index (χ3v) is 6.64. The second-order valence-corrected chi connectivity index (χ2v) is 8.92. The van der Waals surface area contributed by atoms with Crippen molar-refractivity contribution in [3.8, 4) is 17.7 Å². The van der Waals surface area contributed by atoms with Crippen molar-refractivity contribution in [1.29, 1.82) is 5.26 Å². The Morgan fingerprint density at radius 2 is 1.83 bits per heavy atom. The lowest BCUT2D eigenvalue weighted by Crippen LogP contribution is -2.44. The van der Waals surface area contributed by atoms with E-state index in [4.69, 9.17) is 4.74 Å². The molecular weight excluding hydrogens is 457 g/mol. The Bertz CT molecular complexity index is 1430. The lowest BCUT2D eigenvalue weighted by atomic mass is 10.2. The average molecular weight is 486 g/mol. The molecule has 0 saturated carbocycles. The van der Waals surface area contributed by atoms with E-state index in [1.807, 2.05) is 48.7 Å². The molecule has 4 aromatic rings. The molecular formula is C27H28FN7O. The number of aromatic nitrogens is 3. The van der Waals surface area contributed by atoms with Crippen molar-refractivity contribution in [3.63, 3.8) is 0 Å². The van der Waals surface area contributed by atoms with Crippen molar-refractivity contribution in [1.82, 2.24) is 19.4 Å². The monoisotopic (exact) mass is 485 g/mol. The van der Waals surface area contributed by atoms with Gasteiger partial charge in [-0.05, 0) is 63.4 Å². The number of anilines is 3. The lowest BCUT2D eigenvalue weighted by Gasteiger charge is -2.34. The molecule has 1 saturated heterocycles. The van der Waals surface area contributed by atoms with E-state index in [2.05, 4.69) is 38.2 Å². The molecule has 1 aliphatic heterocycles. The number of nitrogens with one attached hydrogen (secondary N) is 1. The molecule has 2 aromatic carbocycles. The highest BCUT2D eigenvalue weighted by molar-refractivity contribution is 5.84. The van der Waals surface area contributed by atoms with Crippen molar-refractivity contribution in [2.24, 2.45) is 0 Å². The van der Waals surface area contributed by atoms with Crippen molar-refractivity contribution in [3.05, 3.63) is 65.9 Å². The molecule has 3 heterocycles. The Labute approximate surface area is 209 Å². The van der Waals surface area contributed by atoms with Gasteiger partial charge in [-0.3, -0.25) is 0 Å². The standard InChI is InChI=1S/C27H28FN7O/c1-4-35-18(2)15-21-23(35)9-10-24(25(21)28)36-27-22(16-29)26(30-17-31-27)32-19-5-7-20(8-6-19)34-13-11-33(3)12-14-34/h5-10,15,17H,4,11-14H2,1-3H3,(H,30,31,32). The number of fused-ring (bicyclic) bond motifs is 1. The number of benzene rings is 2. The van der Waals surface area contributed by atoms with Gasteiger partial charge in [0.05, 0.1) is 5.52 Å². The van der Waals surface area contributed by atoms with Gasteiger partial charge in [-0.25, -0.2) is 14.4 Å². The first-order valence-electron chi connectivity index (χ1n) is 12.0. The minimum atomic E-state index is -0.487. The average Bonchev–Trinajstić information content (AvgIpc) is 3.22.